The Balaban J connectivity index is 1.59. The Bertz CT molecular complexity index is 999. The molecule has 0 aromatic heterocycles. The van der Waals surface area contributed by atoms with E-state index in [1.165, 1.54) is 24.3 Å². The zero-order chi connectivity index (χ0) is 21.5. The Morgan fingerprint density at radius 3 is 2.37 bits per heavy atom. The summed E-state index contributed by atoms with van der Waals surface area (Å²) < 4.78 is 38.3. The third kappa shape index (κ3) is 6.17. The van der Waals surface area contributed by atoms with Gasteiger partial charge in [0.2, 0.25) is 0 Å². The van der Waals surface area contributed by atoms with Crippen molar-refractivity contribution in [2.45, 2.75) is 19.6 Å². The predicted octanol–water partition coefficient (Wildman–Crippen LogP) is 6.30. The molecule has 0 aliphatic heterocycles. The van der Waals surface area contributed by atoms with Gasteiger partial charge in [0.05, 0.1) is 12.1 Å². The fourth-order valence-corrected chi connectivity index (χ4v) is 3.57. The van der Waals surface area contributed by atoms with Crippen LogP contribution in [0.1, 0.15) is 16.7 Å². The van der Waals surface area contributed by atoms with Crippen molar-refractivity contribution in [1.29, 1.82) is 0 Å². The molecule has 0 spiro atoms. The van der Waals surface area contributed by atoms with Gasteiger partial charge in [0.25, 0.3) is 0 Å². The van der Waals surface area contributed by atoms with Gasteiger partial charge in [-0.1, -0.05) is 45.7 Å². The number of benzene rings is 3. The molecule has 158 valence electrons. The first-order chi connectivity index (χ1) is 14.5. The van der Waals surface area contributed by atoms with Crippen molar-refractivity contribution in [3.05, 3.63) is 92.4 Å². The van der Waals surface area contributed by atoms with Crippen LogP contribution < -0.4 is 14.8 Å². The zero-order valence-electron chi connectivity index (χ0n) is 16.4. The highest BCUT2D eigenvalue weighted by atomic mass is 79.9. The maximum atomic E-state index is 13.2. The van der Waals surface area contributed by atoms with Crippen molar-refractivity contribution in [3.8, 4) is 11.5 Å². The summed E-state index contributed by atoms with van der Waals surface area (Å²) in [6, 6.07) is 14.4. The quantitative estimate of drug-likeness (QED) is 0.353. The van der Waals surface area contributed by atoms with Crippen molar-refractivity contribution < 1.29 is 18.3 Å². The van der Waals surface area contributed by atoms with E-state index in [-0.39, 0.29) is 18.2 Å². The summed E-state index contributed by atoms with van der Waals surface area (Å²) in [7, 11) is 1.58. The molecule has 3 nitrogen and oxygen atoms in total. The van der Waals surface area contributed by atoms with Crippen LogP contribution >= 0.6 is 27.5 Å². The Morgan fingerprint density at radius 2 is 1.67 bits per heavy atom. The monoisotopic (exact) mass is 495 g/mol. The van der Waals surface area contributed by atoms with Gasteiger partial charge in [-0.25, -0.2) is 8.78 Å². The van der Waals surface area contributed by atoms with E-state index < -0.39 is 0 Å². The Morgan fingerprint density at radius 1 is 0.933 bits per heavy atom. The first-order valence-electron chi connectivity index (χ1n) is 9.34. The maximum Gasteiger partial charge on any atom is 0.162 e. The number of rotatable bonds is 9. The second-order valence-corrected chi connectivity index (χ2v) is 7.93. The third-order valence-corrected chi connectivity index (χ3v) is 5.64. The average molecular weight is 497 g/mol. The molecule has 0 saturated carbocycles. The number of methoxy groups -OCH3 is 1. The second-order valence-electron chi connectivity index (χ2n) is 6.67. The lowest BCUT2D eigenvalue weighted by Crippen LogP contribution is -2.17. The molecule has 0 heterocycles. The number of halogens is 4. The lowest BCUT2D eigenvalue weighted by Gasteiger charge is -2.15. The molecule has 0 aliphatic rings. The summed E-state index contributed by atoms with van der Waals surface area (Å²) >= 11 is 9.63. The van der Waals surface area contributed by atoms with Crippen molar-refractivity contribution >= 4 is 27.5 Å². The standard InChI is InChI=1S/C23H21BrClF2NO2/c1-29-22-10-17(13-28-9-8-15-2-5-18(26)6-3-15)20(24)12-23(22)30-14-16-4-7-19(27)11-21(16)25/h2-7,10-12,28H,8-9,13-14H2,1H3. The van der Waals surface area contributed by atoms with E-state index in [0.29, 0.717) is 28.6 Å². The molecule has 0 radical (unpaired) electrons. The lowest BCUT2D eigenvalue weighted by atomic mass is 10.1. The summed E-state index contributed by atoms with van der Waals surface area (Å²) in [5, 5.41) is 3.69. The van der Waals surface area contributed by atoms with E-state index in [0.717, 1.165) is 28.6 Å². The van der Waals surface area contributed by atoms with E-state index >= 15 is 0 Å². The van der Waals surface area contributed by atoms with Gasteiger partial charge in [0.1, 0.15) is 18.2 Å². The van der Waals surface area contributed by atoms with Crippen LogP contribution in [0, 0.1) is 11.6 Å². The average Bonchev–Trinajstić information content (AvgIpc) is 2.73. The molecule has 0 amide bonds. The van der Waals surface area contributed by atoms with E-state index in [1.807, 2.05) is 12.1 Å². The van der Waals surface area contributed by atoms with Crippen LogP contribution in [0.15, 0.2) is 59.1 Å². The highest BCUT2D eigenvalue weighted by Crippen LogP contribution is 2.34. The maximum absolute atomic E-state index is 13.2. The van der Waals surface area contributed by atoms with Crippen LogP contribution in [-0.4, -0.2) is 13.7 Å². The van der Waals surface area contributed by atoms with Crippen molar-refractivity contribution in [1.82, 2.24) is 5.32 Å². The molecular formula is C23H21BrClF2NO2. The van der Waals surface area contributed by atoms with Crippen molar-refractivity contribution in [2.75, 3.05) is 13.7 Å². The fraction of sp³-hybridized carbons (Fsp3) is 0.217. The number of nitrogens with one attached hydrogen (secondary N) is 1. The molecule has 3 rings (SSSR count). The topological polar surface area (TPSA) is 30.5 Å². The summed E-state index contributed by atoms with van der Waals surface area (Å²) in [5.41, 5.74) is 2.77. The van der Waals surface area contributed by atoms with Crippen LogP contribution in [0.5, 0.6) is 11.5 Å². The highest BCUT2D eigenvalue weighted by Gasteiger charge is 2.12. The van der Waals surface area contributed by atoms with Gasteiger partial charge in [-0.05, 0) is 60.5 Å². The van der Waals surface area contributed by atoms with Crippen LogP contribution in [0.3, 0.4) is 0 Å². The van der Waals surface area contributed by atoms with E-state index in [9.17, 15) is 8.78 Å². The van der Waals surface area contributed by atoms with Crippen molar-refractivity contribution in [3.63, 3.8) is 0 Å². The molecule has 3 aromatic rings. The molecular weight excluding hydrogens is 476 g/mol. The Kier molecular flexibility index (Phi) is 8.08. The molecule has 1 N–H and O–H groups in total. The van der Waals surface area contributed by atoms with Crippen LogP contribution in [0.2, 0.25) is 5.02 Å². The molecule has 0 saturated heterocycles. The molecule has 0 bridgehead atoms. The van der Waals surface area contributed by atoms with Gasteiger partial charge in [0, 0.05) is 16.6 Å². The van der Waals surface area contributed by atoms with Gasteiger partial charge >= 0.3 is 0 Å². The number of hydrogen-bond acceptors (Lipinski definition) is 3. The van der Waals surface area contributed by atoms with E-state index in [4.69, 9.17) is 21.1 Å². The molecule has 0 unspecified atom stereocenters. The molecule has 0 atom stereocenters. The summed E-state index contributed by atoms with van der Waals surface area (Å²) in [6.45, 7) is 1.57. The molecule has 0 fully saturated rings. The van der Waals surface area contributed by atoms with Crippen LogP contribution in [0.25, 0.3) is 0 Å². The summed E-state index contributed by atoms with van der Waals surface area (Å²) in [5.74, 6) is 0.527. The van der Waals surface area contributed by atoms with Crippen LogP contribution in [0.4, 0.5) is 8.78 Å². The number of hydrogen-bond donors (Lipinski definition) is 1. The number of ether oxygens (including phenoxy) is 2. The fourth-order valence-electron chi connectivity index (χ4n) is 2.89. The minimum absolute atomic E-state index is 0.192. The van der Waals surface area contributed by atoms with Gasteiger partial charge < -0.3 is 14.8 Å². The highest BCUT2D eigenvalue weighted by molar-refractivity contribution is 9.10. The molecule has 0 aliphatic carbocycles. The van der Waals surface area contributed by atoms with Gasteiger partial charge in [-0.2, -0.15) is 0 Å². The molecule has 30 heavy (non-hydrogen) atoms. The van der Waals surface area contributed by atoms with Crippen molar-refractivity contribution in [2.24, 2.45) is 0 Å². The third-order valence-electron chi connectivity index (χ3n) is 4.55. The first kappa shape index (κ1) is 22.5. The smallest absolute Gasteiger partial charge is 0.162 e. The summed E-state index contributed by atoms with van der Waals surface area (Å²) in [4.78, 5) is 0. The minimum atomic E-state index is -0.389. The van der Waals surface area contributed by atoms with Gasteiger partial charge in [0.15, 0.2) is 11.5 Å². The Labute approximate surface area is 188 Å². The predicted molar refractivity (Wildman–Crippen MR) is 118 cm³/mol. The van der Waals surface area contributed by atoms with Crippen LogP contribution in [-0.2, 0) is 19.6 Å². The van der Waals surface area contributed by atoms with Gasteiger partial charge in [-0.3, -0.25) is 0 Å². The minimum Gasteiger partial charge on any atom is -0.493 e. The normalized spacial score (nSPS) is 10.8. The largest absolute Gasteiger partial charge is 0.493 e. The SMILES string of the molecule is COc1cc(CNCCc2ccc(F)cc2)c(Br)cc1OCc1ccc(F)cc1Cl. The summed E-state index contributed by atoms with van der Waals surface area (Å²) in [6.07, 6.45) is 0.800. The Hall–Kier alpha value is -2.15. The molecule has 7 heteroatoms. The lowest BCUT2D eigenvalue weighted by molar-refractivity contribution is 0.284. The van der Waals surface area contributed by atoms with E-state index in [2.05, 4.69) is 21.2 Å². The first-order valence-corrected chi connectivity index (χ1v) is 10.5. The second kappa shape index (κ2) is 10.8. The van der Waals surface area contributed by atoms with Gasteiger partial charge in [-0.15, -0.1) is 0 Å². The zero-order valence-corrected chi connectivity index (χ0v) is 18.7. The van der Waals surface area contributed by atoms with E-state index in [1.54, 1.807) is 25.3 Å². The molecule has 3 aromatic carbocycles.